The second-order valence-corrected chi connectivity index (χ2v) is 5.90. The minimum Gasteiger partial charge on any atom is -0.464 e. The van der Waals surface area contributed by atoms with E-state index in [0.717, 1.165) is 0 Å². The molecule has 7 heteroatoms. The van der Waals surface area contributed by atoms with Crippen molar-refractivity contribution in [3.63, 3.8) is 0 Å². The molecule has 21 heavy (non-hydrogen) atoms. The molecule has 0 atom stereocenters. The van der Waals surface area contributed by atoms with Gasteiger partial charge in [-0.2, -0.15) is 0 Å². The number of nitrogens with zero attached hydrogens (tertiary/aromatic N) is 1. The van der Waals surface area contributed by atoms with Gasteiger partial charge in [-0.1, -0.05) is 6.07 Å². The Morgan fingerprint density at radius 3 is 2.48 bits per heavy atom. The van der Waals surface area contributed by atoms with E-state index in [4.69, 9.17) is 4.74 Å². The highest BCUT2D eigenvalue weighted by Crippen LogP contribution is 2.11. The number of aromatic nitrogens is 1. The first-order chi connectivity index (χ1) is 9.71. The summed E-state index contributed by atoms with van der Waals surface area (Å²) < 4.78 is 10.4. The summed E-state index contributed by atoms with van der Waals surface area (Å²) >= 11 is 3.21. The summed E-state index contributed by atoms with van der Waals surface area (Å²) in [5.41, 5.74) is -0.0599. The van der Waals surface area contributed by atoms with Gasteiger partial charge in [0.05, 0.1) is 7.11 Å². The zero-order chi connectivity index (χ0) is 16.0. The molecule has 1 amide bonds. The largest absolute Gasteiger partial charge is 0.464 e. The van der Waals surface area contributed by atoms with Crippen molar-refractivity contribution in [1.82, 2.24) is 10.3 Å². The number of halogens is 1. The van der Waals surface area contributed by atoms with Gasteiger partial charge in [0.2, 0.25) is 0 Å². The van der Waals surface area contributed by atoms with Crippen molar-refractivity contribution >= 4 is 34.1 Å². The fourth-order valence-corrected chi connectivity index (χ4v) is 1.54. The molecule has 1 rings (SSSR count). The standard InChI is InChI=1S/C14H17BrN2O4/c1-14(2,3)21-13(19)17-10(12(18)20-4)7-9-5-6-11(15)16-8-9/h5-8H,1-4H3,(H,17,19)/b10-7-. The molecule has 0 spiro atoms. The fraction of sp³-hybridized carbons (Fsp3) is 0.357. The lowest BCUT2D eigenvalue weighted by atomic mass is 10.2. The van der Waals surface area contributed by atoms with Crippen LogP contribution in [-0.4, -0.2) is 29.8 Å². The zero-order valence-electron chi connectivity index (χ0n) is 12.3. The first-order valence-electron chi connectivity index (χ1n) is 6.13. The Balaban J connectivity index is 2.93. The van der Waals surface area contributed by atoms with Gasteiger partial charge in [0, 0.05) is 6.20 Å². The summed E-state index contributed by atoms with van der Waals surface area (Å²) in [5, 5.41) is 2.37. The molecule has 0 aromatic carbocycles. The van der Waals surface area contributed by atoms with Gasteiger partial charge >= 0.3 is 12.1 Å². The number of nitrogens with one attached hydrogen (secondary N) is 1. The maximum Gasteiger partial charge on any atom is 0.412 e. The number of rotatable bonds is 3. The second kappa shape index (κ2) is 7.21. The molecule has 0 aliphatic carbocycles. The minimum absolute atomic E-state index is 0.0316. The lowest BCUT2D eigenvalue weighted by Crippen LogP contribution is -2.34. The first-order valence-corrected chi connectivity index (χ1v) is 6.92. The number of carbonyl (C=O) groups excluding carboxylic acids is 2. The summed E-state index contributed by atoms with van der Waals surface area (Å²) in [6.45, 7) is 5.19. The van der Waals surface area contributed by atoms with Crippen molar-refractivity contribution in [2.24, 2.45) is 0 Å². The quantitative estimate of drug-likeness (QED) is 0.511. The lowest BCUT2D eigenvalue weighted by molar-refractivity contribution is -0.136. The topological polar surface area (TPSA) is 77.5 Å². The molecular weight excluding hydrogens is 340 g/mol. The van der Waals surface area contributed by atoms with Gasteiger partial charge in [-0.25, -0.2) is 14.6 Å². The summed E-state index contributed by atoms with van der Waals surface area (Å²) in [4.78, 5) is 27.5. The van der Waals surface area contributed by atoms with Crippen LogP contribution in [0.25, 0.3) is 6.08 Å². The van der Waals surface area contributed by atoms with E-state index in [1.165, 1.54) is 13.2 Å². The predicted octanol–water partition coefficient (Wildman–Crippen LogP) is 2.88. The number of ether oxygens (including phenoxy) is 2. The van der Waals surface area contributed by atoms with Crippen molar-refractivity contribution in [2.45, 2.75) is 26.4 Å². The van der Waals surface area contributed by atoms with Crippen LogP contribution in [0, 0.1) is 0 Å². The molecule has 1 aromatic rings. The fourth-order valence-electron chi connectivity index (χ4n) is 1.31. The maximum absolute atomic E-state index is 11.7. The monoisotopic (exact) mass is 356 g/mol. The van der Waals surface area contributed by atoms with Gasteiger partial charge in [-0.3, -0.25) is 5.32 Å². The molecule has 0 fully saturated rings. The average Bonchev–Trinajstić information content (AvgIpc) is 2.37. The van der Waals surface area contributed by atoms with Crippen LogP contribution < -0.4 is 5.32 Å². The molecule has 114 valence electrons. The molecule has 1 N–H and O–H groups in total. The highest BCUT2D eigenvalue weighted by atomic mass is 79.9. The van der Waals surface area contributed by atoms with Crippen LogP contribution in [0.4, 0.5) is 4.79 Å². The third-order valence-electron chi connectivity index (χ3n) is 2.10. The van der Waals surface area contributed by atoms with Crippen molar-refractivity contribution in [2.75, 3.05) is 7.11 Å². The number of pyridine rings is 1. The van der Waals surface area contributed by atoms with Gasteiger partial charge in [0.15, 0.2) is 0 Å². The molecule has 0 aliphatic heterocycles. The summed E-state index contributed by atoms with van der Waals surface area (Å²) in [7, 11) is 1.23. The maximum atomic E-state index is 11.7. The van der Waals surface area contributed by atoms with Crippen LogP contribution in [0.15, 0.2) is 28.6 Å². The van der Waals surface area contributed by atoms with E-state index in [-0.39, 0.29) is 5.70 Å². The SMILES string of the molecule is COC(=O)/C(=C/c1ccc(Br)nc1)NC(=O)OC(C)(C)C. The summed E-state index contributed by atoms with van der Waals surface area (Å²) in [5.74, 6) is -0.677. The van der Waals surface area contributed by atoms with E-state index >= 15 is 0 Å². The van der Waals surface area contributed by atoms with Crippen LogP contribution in [0.3, 0.4) is 0 Å². The molecule has 6 nitrogen and oxygen atoms in total. The highest BCUT2D eigenvalue weighted by Gasteiger charge is 2.20. The van der Waals surface area contributed by atoms with E-state index < -0.39 is 17.7 Å². The van der Waals surface area contributed by atoms with Gasteiger partial charge < -0.3 is 9.47 Å². The smallest absolute Gasteiger partial charge is 0.412 e. The number of carbonyl (C=O) groups is 2. The van der Waals surface area contributed by atoms with Crippen LogP contribution in [0.2, 0.25) is 0 Å². The molecule has 1 heterocycles. The van der Waals surface area contributed by atoms with Gasteiger partial charge in [0.1, 0.15) is 15.9 Å². The van der Waals surface area contributed by atoms with E-state index in [1.807, 2.05) is 0 Å². The minimum atomic E-state index is -0.732. The third kappa shape index (κ3) is 6.40. The van der Waals surface area contributed by atoms with Crippen molar-refractivity contribution in [3.8, 4) is 0 Å². The number of methoxy groups -OCH3 is 1. The number of hydrogen-bond donors (Lipinski definition) is 1. The normalized spacial score (nSPS) is 11.8. The molecule has 0 unspecified atom stereocenters. The van der Waals surface area contributed by atoms with Crippen LogP contribution in [0.5, 0.6) is 0 Å². The molecule has 0 radical (unpaired) electrons. The number of alkyl carbamates (subject to hydrolysis) is 1. The Morgan fingerprint density at radius 1 is 1.33 bits per heavy atom. The summed E-state index contributed by atoms with van der Waals surface area (Å²) in [6.07, 6.45) is 2.27. The molecule has 0 saturated heterocycles. The molecule has 0 bridgehead atoms. The summed E-state index contributed by atoms with van der Waals surface area (Å²) in [6, 6.07) is 3.45. The van der Waals surface area contributed by atoms with Crippen LogP contribution in [0.1, 0.15) is 26.3 Å². The van der Waals surface area contributed by atoms with Crippen molar-refractivity contribution in [3.05, 3.63) is 34.2 Å². The third-order valence-corrected chi connectivity index (χ3v) is 2.57. The Labute approximate surface area is 131 Å². The van der Waals surface area contributed by atoms with E-state index in [9.17, 15) is 9.59 Å². The first kappa shape index (κ1) is 17.2. The van der Waals surface area contributed by atoms with E-state index in [0.29, 0.717) is 10.2 Å². The Kier molecular flexibility index (Phi) is 5.90. The van der Waals surface area contributed by atoms with Crippen LogP contribution in [-0.2, 0) is 14.3 Å². The lowest BCUT2D eigenvalue weighted by Gasteiger charge is -2.20. The van der Waals surface area contributed by atoms with Gasteiger partial charge in [-0.05, 0) is 54.4 Å². The Morgan fingerprint density at radius 2 is 2.00 bits per heavy atom. The molecule has 0 saturated carbocycles. The number of hydrogen-bond acceptors (Lipinski definition) is 5. The Hall–Kier alpha value is -1.89. The second-order valence-electron chi connectivity index (χ2n) is 5.09. The molecular formula is C14H17BrN2O4. The average molecular weight is 357 g/mol. The van der Waals surface area contributed by atoms with Crippen molar-refractivity contribution < 1.29 is 19.1 Å². The van der Waals surface area contributed by atoms with Gasteiger partial charge in [-0.15, -0.1) is 0 Å². The van der Waals surface area contributed by atoms with Crippen molar-refractivity contribution in [1.29, 1.82) is 0 Å². The van der Waals surface area contributed by atoms with E-state index in [2.05, 4.69) is 31.0 Å². The predicted molar refractivity (Wildman–Crippen MR) is 81.3 cm³/mol. The zero-order valence-corrected chi connectivity index (χ0v) is 13.9. The Bertz CT molecular complexity index is 547. The molecule has 1 aromatic heterocycles. The molecule has 0 aliphatic rings. The van der Waals surface area contributed by atoms with Gasteiger partial charge in [0.25, 0.3) is 0 Å². The van der Waals surface area contributed by atoms with E-state index in [1.54, 1.807) is 39.1 Å². The highest BCUT2D eigenvalue weighted by molar-refractivity contribution is 9.10. The van der Waals surface area contributed by atoms with Crippen LogP contribution >= 0.6 is 15.9 Å². The number of esters is 1. The number of amides is 1.